The zero-order valence-electron chi connectivity index (χ0n) is 8.48. The molecule has 88 valence electrons. The number of rotatable bonds is 1. The van der Waals surface area contributed by atoms with Crippen LogP contribution in [0.4, 0.5) is 0 Å². The van der Waals surface area contributed by atoms with Gasteiger partial charge in [0.2, 0.25) is 5.76 Å². The molecule has 0 bridgehead atoms. The lowest BCUT2D eigenvalue weighted by atomic mass is 9.94. The molecule has 0 aliphatic heterocycles. The Kier molecular flexibility index (Phi) is 2.59. The van der Waals surface area contributed by atoms with Crippen LogP contribution in [0.3, 0.4) is 0 Å². The van der Waals surface area contributed by atoms with Crippen molar-refractivity contribution in [3.8, 4) is 0 Å². The van der Waals surface area contributed by atoms with Crippen LogP contribution in [0.15, 0.2) is 36.1 Å². The number of hydrogen-bond acceptors (Lipinski definition) is 3. The van der Waals surface area contributed by atoms with Gasteiger partial charge in [-0.05, 0) is 17.7 Å². The molecule has 0 aromatic heterocycles. The Labute approximate surface area is 97.2 Å². The van der Waals surface area contributed by atoms with E-state index in [2.05, 4.69) is 4.79 Å². The van der Waals surface area contributed by atoms with E-state index in [0.29, 0.717) is 0 Å². The monoisotopic (exact) mass is 252 g/mol. The van der Waals surface area contributed by atoms with Crippen LogP contribution in [0.25, 0.3) is 5.53 Å². The summed E-state index contributed by atoms with van der Waals surface area (Å²) >= 11 is 0. The highest BCUT2D eigenvalue weighted by molar-refractivity contribution is 7.86. The van der Waals surface area contributed by atoms with Gasteiger partial charge >= 0.3 is 5.71 Å². The highest BCUT2D eigenvalue weighted by Crippen LogP contribution is 2.32. The van der Waals surface area contributed by atoms with Crippen molar-refractivity contribution in [1.82, 2.24) is 0 Å². The van der Waals surface area contributed by atoms with E-state index >= 15 is 0 Å². The summed E-state index contributed by atoms with van der Waals surface area (Å²) < 4.78 is 31.5. The van der Waals surface area contributed by atoms with E-state index < -0.39 is 21.1 Å². The van der Waals surface area contributed by atoms with Crippen LogP contribution in [0.2, 0.25) is 0 Å². The lowest BCUT2D eigenvalue weighted by Gasteiger charge is -2.16. The van der Waals surface area contributed by atoms with Gasteiger partial charge < -0.3 is 10.6 Å². The first-order valence-electron chi connectivity index (χ1n) is 4.64. The molecule has 17 heavy (non-hydrogen) atoms. The van der Waals surface area contributed by atoms with Gasteiger partial charge in [0.05, 0.1) is 5.56 Å². The molecule has 1 aliphatic rings. The van der Waals surface area contributed by atoms with Gasteiger partial charge in [-0.3, -0.25) is 4.55 Å². The number of aliphatic hydroxyl groups is 1. The van der Waals surface area contributed by atoms with Crippen LogP contribution in [-0.4, -0.2) is 28.6 Å². The van der Waals surface area contributed by atoms with Crippen molar-refractivity contribution in [2.75, 3.05) is 0 Å². The smallest absolute Gasteiger partial charge is 0.363 e. The summed E-state index contributed by atoms with van der Waals surface area (Å²) in [7, 11) is -4.38. The number of benzene rings is 1. The second-order valence-corrected chi connectivity index (χ2v) is 5.06. The Morgan fingerprint density at radius 3 is 2.53 bits per heavy atom. The third kappa shape index (κ3) is 1.87. The molecule has 1 atom stereocenters. The Morgan fingerprint density at radius 2 is 1.94 bits per heavy atom. The molecule has 7 heteroatoms. The van der Waals surface area contributed by atoms with Crippen molar-refractivity contribution >= 4 is 15.8 Å². The van der Waals surface area contributed by atoms with E-state index in [9.17, 15) is 13.5 Å². The molecule has 0 spiro atoms. The summed E-state index contributed by atoms with van der Waals surface area (Å²) in [5.74, 6) is -0.492. The van der Waals surface area contributed by atoms with Crippen LogP contribution in [0.1, 0.15) is 16.4 Å². The molecule has 0 amide bonds. The predicted octanol–water partition coefficient (Wildman–Crippen LogP) is 1.09. The highest BCUT2D eigenvalue weighted by atomic mass is 32.2. The standard InChI is InChI=1S/C10H8N2O4S/c11-12-10-7-4-2-1-3-6(7)9(5-8(10)13)17(14,15)16/h1-5,9,13H,(H,14,15,16)/t9-/m0/s1. The number of hydrogen-bond donors (Lipinski definition) is 2. The van der Waals surface area contributed by atoms with Gasteiger partial charge in [0.25, 0.3) is 10.1 Å². The maximum atomic E-state index is 11.2. The molecule has 1 aliphatic carbocycles. The SMILES string of the molecule is [N-]=[N+]=C1C(O)=C[C@H](S(=O)(=O)O)c2ccccc21. The quantitative estimate of drug-likeness (QED) is 0.442. The molecule has 1 aromatic rings. The van der Waals surface area contributed by atoms with Crippen LogP contribution in [-0.2, 0) is 10.1 Å². The minimum absolute atomic E-state index is 0.125. The van der Waals surface area contributed by atoms with Crippen LogP contribution in [0, 0.1) is 0 Å². The molecular weight excluding hydrogens is 244 g/mol. The molecular formula is C10H8N2O4S. The van der Waals surface area contributed by atoms with E-state index in [1.54, 1.807) is 12.1 Å². The molecule has 0 radical (unpaired) electrons. The van der Waals surface area contributed by atoms with Crippen molar-refractivity contribution in [1.29, 1.82) is 0 Å². The number of aliphatic hydroxyl groups excluding tert-OH is 1. The van der Waals surface area contributed by atoms with E-state index in [4.69, 9.17) is 10.1 Å². The second-order valence-electron chi connectivity index (χ2n) is 3.52. The van der Waals surface area contributed by atoms with Crippen molar-refractivity contribution in [2.24, 2.45) is 0 Å². The van der Waals surface area contributed by atoms with Crippen LogP contribution in [0.5, 0.6) is 0 Å². The molecule has 0 unspecified atom stereocenters. The number of fused-ring (bicyclic) bond motifs is 1. The summed E-state index contributed by atoms with van der Waals surface area (Å²) in [5.41, 5.74) is 9.16. The average molecular weight is 252 g/mol. The topological polar surface area (TPSA) is 111 Å². The van der Waals surface area contributed by atoms with Crippen LogP contribution < -0.4 is 0 Å². The molecule has 2 rings (SSSR count). The summed E-state index contributed by atoms with van der Waals surface area (Å²) in [6.07, 6.45) is 0.923. The Balaban J connectivity index is 2.78. The summed E-state index contributed by atoms with van der Waals surface area (Å²) in [6, 6.07) is 6.15. The number of nitrogens with zero attached hydrogens (tertiary/aromatic N) is 2. The van der Waals surface area contributed by atoms with Crippen molar-refractivity contribution < 1.29 is 22.9 Å². The Bertz CT molecular complexity index is 657. The van der Waals surface area contributed by atoms with E-state index in [-0.39, 0.29) is 16.8 Å². The highest BCUT2D eigenvalue weighted by Gasteiger charge is 2.36. The van der Waals surface area contributed by atoms with Crippen molar-refractivity contribution in [3.05, 3.63) is 52.8 Å². The lowest BCUT2D eigenvalue weighted by molar-refractivity contribution is -0.00667. The van der Waals surface area contributed by atoms with Gasteiger partial charge in [-0.2, -0.15) is 13.2 Å². The minimum Gasteiger partial charge on any atom is -0.502 e. The number of allylic oxidation sites excluding steroid dienone is 1. The fourth-order valence-electron chi connectivity index (χ4n) is 1.76. The second kappa shape index (κ2) is 3.81. The van der Waals surface area contributed by atoms with Gasteiger partial charge in [0.15, 0.2) is 0 Å². The van der Waals surface area contributed by atoms with Crippen LogP contribution >= 0.6 is 0 Å². The van der Waals surface area contributed by atoms with Gasteiger partial charge in [-0.25, -0.2) is 0 Å². The zero-order chi connectivity index (χ0) is 12.6. The average Bonchev–Trinajstić information content (AvgIpc) is 2.27. The maximum absolute atomic E-state index is 11.2. The molecule has 0 fully saturated rings. The third-order valence-electron chi connectivity index (χ3n) is 2.50. The molecule has 2 N–H and O–H groups in total. The zero-order valence-corrected chi connectivity index (χ0v) is 9.29. The van der Waals surface area contributed by atoms with E-state index in [1.165, 1.54) is 12.1 Å². The fraction of sp³-hybridized carbons (Fsp3) is 0.100. The largest absolute Gasteiger partial charge is 0.502 e. The Hall–Kier alpha value is -1.95. The van der Waals surface area contributed by atoms with Crippen molar-refractivity contribution in [3.63, 3.8) is 0 Å². The molecule has 0 saturated carbocycles. The predicted molar refractivity (Wildman–Crippen MR) is 59.2 cm³/mol. The summed E-state index contributed by atoms with van der Waals surface area (Å²) in [5, 5.41) is 8.19. The first-order chi connectivity index (χ1) is 7.95. The lowest BCUT2D eigenvalue weighted by Crippen LogP contribution is -2.22. The molecule has 0 saturated heterocycles. The van der Waals surface area contributed by atoms with Gasteiger partial charge in [-0.1, -0.05) is 18.2 Å². The summed E-state index contributed by atoms with van der Waals surface area (Å²) in [6.45, 7) is 0. The third-order valence-corrected chi connectivity index (χ3v) is 3.53. The van der Waals surface area contributed by atoms with E-state index in [0.717, 1.165) is 6.08 Å². The minimum atomic E-state index is -4.38. The normalized spacial score (nSPS) is 19.2. The fourth-order valence-corrected chi connectivity index (χ4v) is 2.59. The van der Waals surface area contributed by atoms with Crippen molar-refractivity contribution in [2.45, 2.75) is 5.25 Å². The first-order valence-corrected chi connectivity index (χ1v) is 6.14. The van der Waals surface area contributed by atoms with Gasteiger partial charge in [0.1, 0.15) is 5.25 Å². The Morgan fingerprint density at radius 1 is 1.29 bits per heavy atom. The van der Waals surface area contributed by atoms with E-state index in [1.807, 2.05) is 0 Å². The molecule has 6 nitrogen and oxygen atoms in total. The molecule has 1 aromatic carbocycles. The molecule has 0 heterocycles. The summed E-state index contributed by atoms with van der Waals surface area (Å²) in [4.78, 5) is 2.91. The van der Waals surface area contributed by atoms with Gasteiger partial charge in [0, 0.05) is 0 Å². The van der Waals surface area contributed by atoms with Gasteiger partial charge in [-0.15, -0.1) is 0 Å². The maximum Gasteiger partial charge on any atom is 0.363 e. The first kappa shape index (κ1) is 11.5.